The Morgan fingerprint density at radius 3 is 2.64 bits per heavy atom. The van der Waals surface area contributed by atoms with Crippen LogP contribution in [0.15, 0.2) is 50.5 Å². The predicted octanol–water partition coefficient (Wildman–Crippen LogP) is 6.87. The quantitative estimate of drug-likeness (QED) is 0.116. The molecule has 180 valence electrons. The van der Waals surface area contributed by atoms with E-state index in [9.17, 15) is 13.9 Å². The highest BCUT2D eigenvalue weighted by atomic mass is 32.7. The molecule has 3 aromatic rings. The first kappa shape index (κ1) is 26.2. The Hall–Kier alpha value is -1.44. The maximum Gasteiger partial charge on any atom is 0.374 e. The van der Waals surface area contributed by atoms with E-state index in [1.807, 2.05) is 13.8 Å². The Kier molecular flexibility index (Phi) is 9.77. The van der Waals surface area contributed by atoms with Gasteiger partial charge in [-0.1, -0.05) is 39.2 Å². The van der Waals surface area contributed by atoms with Gasteiger partial charge in [0.2, 0.25) is 5.43 Å². The molecule has 2 unspecified atom stereocenters. The molecule has 0 fully saturated rings. The van der Waals surface area contributed by atoms with Gasteiger partial charge in [0, 0.05) is 12.3 Å². The Balaban J connectivity index is 1.95. The SMILES string of the molecule is CCCCCCSP(=O)(NCCC)Oc1ccc2oc3cccc([S+]([O-])CC)c3c(=O)c2c1. The van der Waals surface area contributed by atoms with E-state index < -0.39 is 17.9 Å². The lowest BCUT2D eigenvalue weighted by Crippen LogP contribution is -2.14. The zero-order chi connectivity index (χ0) is 23.8. The summed E-state index contributed by atoms with van der Waals surface area (Å²) in [5, 5.41) is 3.70. The number of rotatable bonds is 13. The summed E-state index contributed by atoms with van der Waals surface area (Å²) in [6.07, 6.45) is 5.21. The van der Waals surface area contributed by atoms with E-state index in [-0.39, 0.29) is 5.43 Å². The molecule has 3 rings (SSSR count). The standard InChI is InChI=1S/C24H32NO5PS2/c1-4-7-8-9-16-32-31(27,25-15-5-2)30-18-13-14-20-19(17-18)24(26)23-21(29-20)11-10-12-22(23)33(28)6-3/h10-14,17H,4-9,15-16H2,1-3H3,(H,25,27). The van der Waals surface area contributed by atoms with Crippen LogP contribution in [0, 0.1) is 0 Å². The third-order valence-corrected chi connectivity index (χ3v) is 10.6. The molecule has 0 spiro atoms. The molecular weight excluding hydrogens is 477 g/mol. The summed E-state index contributed by atoms with van der Waals surface area (Å²) in [6, 6.07) is 10.0. The number of nitrogens with one attached hydrogen (secondary N) is 1. The average Bonchev–Trinajstić information content (AvgIpc) is 2.82. The van der Waals surface area contributed by atoms with Crippen molar-refractivity contribution in [1.82, 2.24) is 5.09 Å². The number of unbranched alkanes of at least 4 members (excludes halogenated alkanes) is 3. The number of benzene rings is 2. The van der Waals surface area contributed by atoms with Crippen molar-refractivity contribution in [3.63, 3.8) is 0 Å². The first-order valence-electron chi connectivity index (χ1n) is 11.5. The fourth-order valence-electron chi connectivity index (χ4n) is 3.46. The van der Waals surface area contributed by atoms with Crippen molar-refractivity contribution >= 4 is 51.2 Å². The summed E-state index contributed by atoms with van der Waals surface area (Å²) in [6.45, 7) is 3.36. The van der Waals surface area contributed by atoms with Gasteiger partial charge in [-0.15, -0.1) is 0 Å². The van der Waals surface area contributed by atoms with Gasteiger partial charge in [0.1, 0.15) is 28.1 Å². The molecule has 1 heterocycles. The van der Waals surface area contributed by atoms with Crippen molar-refractivity contribution < 1.29 is 18.1 Å². The second-order valence-corrected chi connectivity index (χ2v) is 13.8. The molecule has 0 saturated carbocycles. The molecule has 33 heavy (non-hydrogen) atoms. The van der Waals surface area contributed by atoms with Gasteiger partial charge in [0.25, 0.3) is 0 Å². The van der Waals surface area contributed by atoms with Gasteiger partial charge < -0.3 is 13.5 Å². The van der Waals surface area contributed by atoms with Crippen LogP contribution in [0.3, 0.4) is 0 Å². The summed E-state index contributed by atoms with van der Waals surface area (Å²) in [5.41, 5.74) is 0.541. The van der Waals surface area contributed by atoms with Crippen LogP contribution in [0.1, 0.15) is 52.9 Å². The average molecular weight is 510 g/mol. The van der Waals surface area contributed by atoms with E-state index in [1.54, 1.807) is 36.4 Å². The molecule has 1 N–H and O–H groups in total. The largest absolute Gasteiger partial charge is 0.611 e. The van der Waals surface area contributed by atoms with Crippen LogP contribution < -0.4 is 15.0 Å². The Morgan fingerprint density at radius 1 is 1.09 bits per heavy atom. The smallest absolute Gasteiger partial charge is 0.374 e. The van der Waals surface area contributed by atoms with E-state index in [0.717, 1.165) is 37.9 Å². The van der Waals surface area contributed by atoms with E-state index in [4.69, 9.17) is 8.94 Å². The first-order valence-corrected chi connectivity index (χ1v) is 16.0. The van der Waals surface area contributed by atoms with Crippen molar-refractivity contribution in [2.75, 3.05) is 18.1 Å². The lowest BCUT2D eigenvalue weighted by Gasteiger charge is -2.19. The fraction of sp³-hybridized carbons (Fsp3) is 0.458. The highest BCUT2D eigenvalue weighted by Crippen LogP contribution is 2.56. The summed E-state index contributed by atoms with van der Waals surface area (Å²) >= 11 is 0.0122. The van der Waals surface area contributed by atoms with Crippen LogP contribution in [0.25, 0.3) is 21.9 Å². The lowest BCUT2D eigenvalue weighted by molar-refractivity contribution is 0.485. The van der Waals surface area contributed by atoms with E-state index in [0.29, 0.717) is 44.9 Å². The van der Waals surface area contributed by atoms with Gasteiger partial charge in [0.15, 0.2) is 4.90 Å². The molecule has 0 aliphatic heterocycles. The van der Waals surface area contributed by atoms with Gasteiger partial charge in [-0.25, -0.2) is 9.65 Å². The van der Waals surface area contributed by atoms with Crippen LogP contribution in [0.4, 0.5) is 0 Å². The number of fused-ring (bicyclic) bond motifs is 2. The maximum absolute atomic E-state index is 13.5. The summed E-state index contributed by atoms with van der Waals surface area (Å²) in [7, 11) is 0. The minimum atomic E-state index is -3.19. The molecule has 6 nitrogen and oxygen atoms in total. The van der Waals surface area contributed by atoms with Gasteiger partial charge >= 0.3 is 6.72 Å². The molecule has 0 bridgehead atoms. The zero-order valence-electron chi connectivity index (χ0n) is 19.4. The third-order valence-electron chi connectivity index (χ3n) is 5.18. The van der Waals surface area contributed by atoms with E-state index >= 15 is 0 Å². The Bertz CT molecular complexity index is 1180. The van der Waals surface area contributed by atoms with Gasteiger partial charge in [-0.3, -0.25) is 4.79 Å². The molecule has 0 aliphatic carbocycles. The second kappa shape index (κ2) is 12.3. The van der Waals surface area contributed by atoms with Crippen LogP contribution in [0.5, 0.6) is 5.75 Å². The van der Waals surface area contributed by atoms with Crippen molar-refractivity contribution in [1.29, 1.82) is 0 Å². The fourth-order valence-corrected chi connectivity index (χ4v) is 8.16. The molecule has 0 amide bonds. The highest BCUT2D eigenvalue weighted by Gasteiger charge is 2.25. The van der Waals surface area contributed by atoms with E-state index in [2.05, 4.69) is 12.0 Å². The third kappa shape index (κ3) is 6.58. The minimum Gasteiger partial charge on any atom is -0.611 e. The van der Waals surface area contributed by atoms with Gasteiger partial charge in [-0.2, -0.15) is 0 Å². The minimum absolute atomic E-state index is 0.266. The Morgan fingerprint density at radius 2 is 1.91 bits per heavy atom. The molecule has 0 aliphatic rings. The summed E-state index contributed by atoms with van der Waals surface area (Å²) < 4.78 is 37.9. The molecule has 9 heteroatoms. The normalized spacial score (nSPS) is 14.4. The molecular formula is C24H32NO5PS2. The molecule has 1 aromatic heterocycles. The van der Waals surface area contributed by atoms with Crippen LogP contribution in [0.2, 0.25) is 0 Å². The van der Waals surface area contributed by atoms with Crippen molar-refractivity contribution in [2.24, 2.45) is 0 Å². The highest BCUT2D eigenvalue weighted by molar-refractivity contribution is 8.56. The van der Waals surface area contributed by atoms with E-state index in [1.165, 1.54) is 11.4 Å². The van der Waals surface area contributed by atoms with Gasteiger partial charge in [-0.05, 0) is 72.7 Å². The lowest BCUT2D eigenvalue weighted by atomic mass is 10.1. The first-order chi connectivity index (χ1) is 15.9. The monoisotopic (exact) mass is 509 g/mol. The predicted molar refractivity (Wildman–Crippen MR) is 140 cm³/mol. The van der Waals surface area contributed by atoms with Crippen molar-refractivity contribution in [3.8, 4) is 5.75 Å². The van der Waals surface area contributed by atoms with Crippen LogP contribution >= 0.6 is 18.1 Å². The molecule has 0 saturated heterocycles. The van der Waals surface area contributed by atoms with Gasteiger partial charge in [0.05, 0.1) is 5.39 Å². The maximum atomic E-state index is 13.5. The Labute approximate surface area is 202 Å². The topological polar surface area (TPSA) is 91.6 Å². The molecule has 2 aromatic carbocycles. The van der Waals surface area contributed by atoms with Crippen molar-refractivity contribution in [2.45, 2.75) is 57.8 Å². The second-order valence-electron chi connectivity index (χ2n) is 7.74. The summed E-state index contributed by atoms with van der Waals surface area (Å²) in [4.78, 5) is 13.8. The number of hydrogen-bond donors (Lipinski definition) is 1. The summed E-state index contributed by atoms with van der Waals surface area (Å²) in [5.74, 6) is 1.48. The molecule has 2 atom stereocenters. The van der Waals surface area contributed by atoms with Crippen LogP contribution in [-0.2, 0) is 15.7 Å². The van der Waals surface area contributed by atoms with Crippen molar-refractivity contribution in [3.05, 3.63) is 46.6 Å². The zero-order valence-corrected chi connectivity index (χ0v) is 22.0. The number of hydrogen-bond acceptors (Lipinski definition) is 6. The van der Waals surface area contributed by atoms with Crippen LogP contribution in [-0.4, -0.2) is 22.6 Å². The molecule has 0 radical (unpaired) electrons.